The average molecular weight is 358 g/mol. The number of hydrogen-bond donors (Lipinski definition) is 3. The summed E-state index contributed by atoms with van der Waals surface area (Å²) in [6.45, 7) is 0. The van der Waals surface area contributed by atoms with Crippen LogP contribution in [0, 0.1) is 0 Å². The summed E-state index contributed by atoms with van der Waals surface area (Å²) in [6.07, 6.45) is 1.13. The highest BCUT2D eigenvalue weighted by atomic mass is 35.5. The fourth-order valence-electron chi connectivity index (χ4n) is 2.19. The molecule has 0 bridgehead atoms. The Balaban J connectivity index is 2.14. The maximum absolute atomic E-state index is 12.1. The van der Waals surface area contributed by atoms with E-state index in [4.69, 9.17) is 11.6 Å². The van der Waals surface area contributed by atoms with E-state index in [1.54, 1.807) is 18.2 Å². The number of phenols is 1. The van der Waals surface area contributed by atoms with Gasteiger partial charge in [-0.05, 0) is 36.4 Å². The second-order valence-electron chi connectivity index (χ2n) is 5.06. The number of nitrogens with one attached hydrogen (secondary N) is 1. The number of aliphatic imine (C=N–C) groups is 1. The third-order valence-electron chi connectivity index (χ3n) is 3.41. The van der Waals surface area contributed by atoms with Gasteiger partial charge in [0, 0.05) is 6.21 Å². The Labute approximate surface area is 146 Å². The number of aromatic nitrogens is 2. The summed E-state index contributed by atoms with van der Waals surface area (Å²) >= 11 is 6.06. The van der Waals surface area contributed by atoms with Crippen LogP contribution in [0.15, 0.2) is 63.1 Å². The molecule has 0 spiro atoms. The zero-order chi connectivity index (χ0) is 18.0. The van der Waals surface area contributed by atoms with Gasteiger partial charge < -0.3 is 10.2 Å². The molecule has 2 aromatic carbocycles. The van der Waals surface area contributed by atoms with E-state index < -0.39 is 17.1 Å². The normalized spacial score (nSPS) is 11.1. The molecule has 3 aromatic rings. The number of nitrogens with zero attached hydrogens (tertiary/aromatic N) is 2. The fourth-order valence-corrected chi connectivity index (χ4v) is 2.41. The topological polar surface area (TPSA) is 108 Å². The van der Waals surface area contributed by atoms with Crippen molar-refractivity contribution in [3.63, 3.8) is 0 Å². The first-order valence-electron chi connectivity index (χ1n) is 7.13. The second-order valence-corrected chi connectivity index (χ2v) is 5.47. The van der Waals surface area contributed by atoms with E-state index in [0.717, 1.165) is 10.8 Å². The molecular formula is C17H12ClN3O4. The van der Waals surface area contributed by atoms with Crippen LogP contribution in [0.2, 0.25) is 5.02 Å². The fraction of sp³-hybridized carbons (Fsp3) is 0. The van der Waals surface area contributed by atoms with Crippen LogP contribution in [0.1, 0.15) is 5.56 Å². The molecule has 0 aliphatic carbocycles. The lowest BCUT2D eigenvalue weighted by Gasteiger charge is -2.10. The quantitative estimate of drug-likeness (QED) is 0.625. The smallest absolute Gasteiger partial charge is 0.335 e. The van der Waals surface area contributed by atoms with Crippen molar-refractivity contribution >= 4 is 23.5 Å². The lowest BCUT2D eigenvalue weighted by molar-refractivity contribution is 0.430. The van der Waals surface area contributed by atoms with Crippen molar-refractivity contribution in [3.8, 4) is 17.3 Å². The number of aromatic amines is 1. The Bertz CT molecular complexity index is 1070. The Morgan fingerprint density at radius 1 is 1.04 bits per heavy atom. The van der Waals surface area contributed by atoms with Gasteiger partial charge in [-0.2, -0.15) is 0 Å². The van der Waals surface area contributed by atoms with Gasteiger partial charge in [-0.25, -0.2) is 9.36 Å². The van der Waals surface area contributed by atoms with Gasteiger partial charge in [0.1, 0.15) is 11.3 Å². The zero-order valence-corrected chi connectivity index (χ0v) is 13.4. The largest absolute Gasteiger partial charge is 0.508 e. The van der Waals surface area contributed by atoms with Crippen molar-refractivity contribution in [2.75, 3.05) is 0 Å². The maximum Gasteiger partial charge on any atom is 0.335 e. The van der Waals surface area contributed by atoms with Crippen LogP contribution in [0.5, 0.6) is 11.6 Å². The molecule has 0 radical (unpaired) electrons. The van der Waals surface area contributed by atoms with E-state index in [1.165, 1.54) is 30.3 Å². The van der Waals surface area contributed by atoms with E-state index in [-0.39, 0.29) is 22.0 Å². The summed E-state index contributed by atoms with van der Waals surface area (Å²) in [5.41, 5.74) is -1.13. The van der Waals surface area contributed by atoms with E-state index in [9.17, 15) is 19.8 Å². The first-order valence-corrected chi connectivity index (χ1v) is 7.51. The predicted molar refractivity (Wildman–Crippen MR) is 94.7 cm³/mol. The number of hydrogen-bond acceptors (Lipinski definition) is 5. The summed E-state index contributed by atoms with van der Waals surface area (Å²) in [6, 6.07) is 12.3. The lowest BCUT2D eigenvalue weighted by Crippen LogP contribution is -2.31. The van der Waals surface area contributed by atoms with Crippen LogP contribution < -0.4 is 11.2 Å². The van der Waals surface area contributed by atoms with E-state index >= 15 is 0 Å². The SMILES string of the molecule is O=c1[nH]c(=O)n(-c2ccccc2Cl)c(O)c1C=Nc1ccc(O)cc1. The molecule has 7 nitrogen and oxygen atoms in total. The Hall–Kier alpha value is -3.32. The van der Waals surface area contributed by atoms with Crippen molar-refractivity contribution in [1.82, 2.24) is 9.55 Å². The number of H-pyrrole nitrogens is 1. The van der Waals surface area contributed by atoms with Gasteiger partial charge >= 0.3 is 5.69 Å². The summed E-state index contributed by atoms with van der Waals surface area (Å²) in [7, 11) is 0. The van der Waals surface area contributed by atoms with Gasteiger partial charge in [0.05, 0.1) is 16.4 Å². The number of para-hydroxylation sites is 1. The standard InChI is InChI=1S/C17H12ClN3O4/c18-13-3-1-2-4-14(13)21-16(24)12(15(23)20-17(21)25)9-19-10-5-7-11(22)8-6-10/h1-9,22,24H,(H,20,23,25). The summed E-state index contributed by atoms with van der Waals surface area (Å²) in [4.78, 5) is 30.3. The molecule has 0 aliphatic rings. The second kappa shape index (κ2) is 6.66. The number of halogens is 1. The van der Waals surface area contributed by atoms with Crippen LogP contribution >= 0.6 is 11.6 Å². The minimum Gasteiger partial charge on any atom is -0.508 e. The molecule has 0 unspecified atom stereocenters. The maximum atomic E-state index is 12.1. The first kappa shape index (κ1) is 16.5. The molecule has 126 valence electrons. The van der Waals surface area contributed by atoms with Crippen LogP contribution in [-0.4, -0.2) is 26.0 Å². The van der Waals surface area contributed by atoms with Crippen molar-refractivity contribution in [2.45, 2.75) is 0 Å². The van der Waals surface area contributed by atoms with Gasteiger partial charge in [-0.1, -0.05) is 23.7 Å². The van der Waals surface area contributed by atoms with Gasteiger partial charge in [-0.15, -0.1) is 0 Å². The number of phenolic OH excluding ortho intramolecular Hbond substituents is 1. The molecule has 3 rings (SSSR count). The number of rotatable bonds is 3. The van der Waals surface area contributed by atoms with Crippen LogP contribution in [0.4, 0.5) is 5.69 Å². The summed E-state index contributed by atoms with van der Waals surface area (Å²) < 4.78 is 0.891. The van der Waals surface area contributed by atoms with Gasteiger partial charge in [0.15, 0.2) is 0 Å². The van der Waals surface area contributed by atoms with Crippen molar-refractivity contribution in [3.05, 3.63) is 80.0 Å². The third kappa shape index (κ3) is 3.31. The highest BCUT2D eigenvalue weighted by Gasteiger charge is 2.15. The third-order valence-corrected chi connectivity index (χ3v) is 3.73. The molecule has 8 heteroatoms. The van der Waals surface area contributed by atoms with Crippen molar-refractivity contribution in [2.24, 2.45) is 4.99 Å². The van der Waals surface area contributed by atoms with Crippen molar-refractivity contribution < 1.29 is 10.2 Å². The molecule has 0 saturated heterocycles. The van der Waals surface area contributed by atoms with Crippen LogP contribution in [0.25, 0.3) is 5.69 Å². The molecule has 1 aromatic heterocycles. The van der Waals surface area contributed by atoms with Gasteiger partial charge in [-0.3, -0.25) is 14.8 Å². The minimum absolute atomic E-state index is 0.0758. The molecule has 1 heterocycles. The van der Waals surface area contributed by atoms with Crippen LogP contribution in [0.3, 0.4) is 0 Å². The van der Waals surface area contributed by atoms with E-state index in [0.29, 0.717) is 5.69 Å². The highest BCUT2D eigenvalue weighted by Crippen LogP contribution is 2.23. The minimum atomic E-state index is -0.822. The molecule has 0 aliphatic heterocycles. The predicted octanol–water partition coefficient (Wildman–Crippen LogP) is 2.34. The summed E-state index contributed by atoms with van der Waals surface area (Å²) in [5, 5.41) is 19.9. The highest BCUT2D eigenvalue weighted by molar-refractivity contribution is 6.32. The molecule has 0 saturated carbocycles. The van der Waals surface area contributed by atoms with E-state index in [2.05, 4.69) is 9.98 Å². The Morgan fingerprint density at radius 3 is 2.40 bits per heavy atom. The van der Waals surface area contributed by atoms with E-state index in [1.807, 2.05) is 0 Å². The monoisotopic (exact) mass is 357 g/mol. The number of benzene rings is 2. The lowest BCUT2D eigenvalue weighted by atomic mass is 10.2. The zero-order valence-electron chi connectivity index (χ0n) is 12.7. The Kier molecular flexibility index (Phi) is 4.40. The van der Waals surface area contributed by atoms with Gasteiger partial charge in [0.2, 0.25) is 5.88 Å². The molecule has 0 fully saturated rings. The molecule has 3 N–H and O–H groups in total. The molecule has 25 heavy (non-hydrogen) atoms. The number of aromatic hydroxyl groups is 2. The molecule has 0 amide bonds. The first-order chi connectivity index (χ1) is 12.0. The van der Waals surface area contributed by atoms with Gasteiger partial charge in [0.25, 0.3) is 5.56 Å². The van der Waals surface area contributed by atoms with Crippen LogP contribution in [-0.2, 0) is 0 Å². The Morgan fingerprint density at radius 2 is 1.72 bits per heavy atom. The average Bonchev–Trinajstić information content (AvgIpc) is 2.57. The molecule has 0 atom stereocenters. The molecular weight excluding hydrogens is 346 g/mol. The van der Waals surface area contributed by atoms with Crippen molar-refractivity contribution in [1.29, 1.82) is 0 Å². The summed E-state index contributed by atoms with van der Waals surface area (Å²) in [5.74, 6) is -0.503.